The molecule has 0 amide bonds. The number of quaternary nitrogens is 1. The molecule has 26 heavy (non-hydrogen) atoms. The molecule has 1 rings (SSSR count). The third kappa shape index (κ3) is 10.4. The summed E-state index contributed by atoms with van der Waals surface area (Å²) in [6, 6.07) is 11.3. The van der Waals surface area contributed by atoms with Crippen molar-refractivity contribution in [2.24, 2.45) is 0 Å². The fraction of sp³-hybridized carbons (Fsp3) is 0.760. The molecule has 0 atom stereocenters. The standard InChI is InChI=1S/C25H46N/c1-4-7-10-16-21-26(22-17-11-8-5-2,23-18-12-9-6-3)24-25-19-14-13-15-20-25/h13-15,19-20H,4-12,16-18,21-24H2,1-3H3/q+1. The van der Waals surface area contributed by atoms with Crippen molar-refractivity contribution in [2.45, 2.75) is 104 Å². The van der Waals surface area contributed by atoms with E-state index in [4.69, 9.17) is 0 Å². The number of rotatable bonds is 17. The molecule has 0 saturated carbocycles. The topological polar surface area (TPSA) is 0 Å². The smallest absolute Gasteiger partial charge is 0.104 e. The van der Waals surface area contributed by atoms with E-state index in [0.717, 1.165) is 0 Å². The lowest BCUT2D eigenvalue weighted by Gasteiger charge is -2.39. The highest BCUT2D eigenvalue weighted by Crippen LogP contribution is 2.21. The summed E-state index contributed by atoms with van der Waals surface area (Å²) in [7, 11) is 0. The van der Waals surface area contributed by atoms with Gasteiger partial charge in [0.05, 0.1) is 19.6 Å². The van der Waals surface area contributed by atoms with E-state index in [0.29, 0.717) is 0 Å². The minimum atomic E-state index is 1.24. The summed E-state index contributed by atoms with van der Waals surface area (Å²) < 4.78 is 1.33. The van der Waals surface area contributed by atoms with Crippen LogP contribution in [0.15, 0.2) is 30.3 Å². The number of hydrogen-bond acceptors (Lipinski definition) is 0. The van der Waals surface area contributed by atoms with Crippen LogP contribution in [0.25, 0.3) is 0 Å². The van der Waals surface area contributed by atoms with Crippen molar-refractivity contribution in [1.29, 1.82) is 0 Å². The fourth-order valence-electron chi connectivity index (χ4n) is 4.17. The van der Waals surface area contributed by atoms with Gasteiger partial charge >= 0.3 is 0 Å². The van der Waals surface area contributed by atoms with Gasteiger partial charge < -0.3 is 4.48 Å². The molecule has 1 aromatic carbocycles. The van der Waals surface area contributed by atoms with Gasteiger partial charge in [0.15, 0.2) is 0 Å². The third-order valence-electron chi connectivity index (χ3n) is 5.82. The number of unbranched alkanes of at least 4 members (excludes halogenated alkanes) is 9. The Hall–Kier alpha value is -0.820. The maximum absolute atomic E-state index is 2.34. The molecule has 0 aliphatic heterocycles. The largest absolute Gasteiger partial charge is 0.320 e. The van der Waals surface area contributed by atoms with Gasteiger partial charge in [-0.3, -0.25) is 0 Å². The molecular formula is C25H46N+. The summed E-state index contributed by atoms with van der Waals surface area (Å²) in [5.74, 6) is 0. The first kappa shape index (κ1) is 23.2. The summed E-state index contributed by atoms with van der Waals surface area (Å²) in [5.41, 5.74) is 1.54. The maximum atomic E-state index is 2.34. The van der Waals surface area contributed by atoms with E-state index in [2.05, 4.69) is 51.1 Å². The average Bonchev–Trinajstić information content (AvgIpc) is 2.67. The summed E-state index contributed by atoms with van der Waals surface area (Å²) in [4.78, 5) is 0. The van der Waals surface area contributed by atoms with Crippen molar-refractivity contribution in [2.75, 3.05) is 19.6 Å². The zero-order valence-electron chi connectivity index (χ0n) is 18.1. The van der Waals surface area contributed by atoms with Crippen molar-refractivity contribution in [1.82, 2.24) is 0 Å². The van der Waals surface area contributed by atoms with Gasteiger partial charge in [-0.15, -0.1) is 0 Å². The van der Waals surface area contributed by atoms with E-state index in [1.807, 2.05) is 0 Å². The minimum absolute atomic E-state index is 1.24. The first-order valence-electron chi connectivity index (χ1n) is 11.7. The lowest BCUT2D eigenvalue weighted by Crippen LogP contribution is -2.49. The summed E-state index contributed by atoms with van der Waals surface area (Å²) >= 11 is 0. The molecule has 0 aromatic heterocycles. The molecule has 1 heteroatoms. The van der Waals surface area contributed by atoms with E-state index in [9.17, 15) is 0 Å². The number of benzene rings is 1. The van der Waals surface area contributed by atoms with Gasteiger partial charge in [0.25, 0.3) is 0 Å². The summed E-state index contributed by atoms with van der Waals surface area (Å²) in [6.45, 7) is 12.4. The van der Waals surface area contributed by atoms with Crippen molar-refractivity contribution in [3.8, 4) is 0 Å². The van der Waals surface area contributed by atoms with Crippen LogP contribution in [0.4, 0.5) is 0 Å². The molecule has 1 aromatic rings. The molecule has 0 aliphatic carbocycles. The van der Waals surface area contributed by atoms with Gasteiger partial charge in [-0.05, 0) is 38.5 Å². The van der Waals surface area contributed by atoms with Crippen molar-refractivity contribution >= 4 is 0 Å². The van der Waals surface area contributed by atoms with Crippen molar-refractivity contribution in [3.63, 3.8) is 0 Å². The minimum Gasteiger partial charge on any atom is -0.320 e. The Morgan fingerprint density at radius 2 is 0.962 bits per heavy atom. The van der Waals surface area contributed by atoms with E-state index >= 15 is 0 Å². The van der Waals surface area contributed by atoms with Crippen LogP contribution in [0.1, 0.15) is 103 Å². The molecule has 150 valence electrons. The summed E-state index contributed by atoms with van der Waals surface area (Å²) in [6.07, 6.45) is 16.7. The van der Waals surface area contributed by atoms with Crippen molar-refractivity contribution in [3.05, 3.63) is 35.9 Å². The lowest BCUT2D eigenvalue weighted by molar-refractivity contribution is -0.941. The fourth-order valence-corrected chi connectivity index (χ4v) is 4.17. The van der Waals surface area contributed by atoms with E-state index in [1.165, 1.54) is 113 Å². The number of nitrogens with zero attached hydrogens (tertiary/aromatic N) is 1. The van der Waals surface area contributed by atoms with Gasteiger partial charge in [-0.2, -0.15) is 0 Å². The van der Waals surface area contributed by atoms with Crippen LogP contribution >= 0.6 is 0 Å². The van der Waals surface area contributed by atoms with Crippen LogP contribution in [-0.4, -0.2) is 24.1 Å². The Bertz CT molecular complexity index is 380. The predicted molar refractivity (Wildman–Crippen MR) is 117 cm³/mol. The van der Waals surface area contributed by atoms with Gasteiger partial charge in [-0.25, -0.2) is 0 Å². The highest BCUT2D eigenvalue weighted by atomic mass is 15.3. The van der Waals surface area contributed by atoms with Crippen LogP contribution in [0.3, 0.4) is 0 Å². The molecule has 0 saturated heterocycles. The Morgan fingerprint density at radius 3 is 1.35 bits per heavy atom. The molecule has 0 N–H and O–H groups in total. The van der Waals surface area contributed by atoms with Crippen molar-refractivity contribution < 1.29 is 4.48 Å². The molecular weight excluding hydrogens is 314 g/mol. The zero-order chi connectivity index (χ0) is 18.9. The predicted octanol–water partition coefficient (Wildman–Crippen LogP) is 7.74. The monoisotopic (exact) mass is 360 g/mol. The van der Waals surface area contributed by atoms with Gasteiger partial charge in [0.2, 0.25) is 0 Å². The van der Waals surface area contributed by atoms with Gasteiger partial charge in [-0.1, -0.05) is 89.6 Å². The SMILES string of the molecule is CCCCCC[N+](CCCCCC)(CCCCCC)Cc1ccccc1. The van der Waals surface area contributed by atoms with Crippen LogP contribution < -0.4 is 0 Å². The summed E-state index contributed by atoms with van der Waals surface area (Å²) in [5, 5.41) is 0. The first-order chi connectivity index (χ1) is 12.8. The second-order valence-electron chi connectivity index (χ2n) is 8.34. The van der Waals surface area contributed by atoms with Gasteiger partial charge in [0, 0.05) is 5.56 Å². The van der Waals surface area contributed by atoms with Crippen LogP contribution in [0, 0.1) is 0 Å². The third-order valence-corrected chi connectivity index (χ3v) is 5.82. The molecule has 0 unspecified atom stereocenters. The average molecular weight is 361 g/mol. The molecule has 0 heterocycles. The highest BCUT2D eigenvalue weighted by molar-refractivity contribution is 5.13. The van der Waals surface area contributed by atoms with Crippen LogP contribution in [0.5, 0.6) is 0 Å². The lowest BCUT2D eigenvalue weighted by atomic mass is 10.1. The Morgan fingerprint density at radius 1 is 0.538 bits per heavy atom. The highest BCUT2D eigenvalue weighted by Gasteiger charge is 2.26. The van der Waals surface area contributed by atoms with Gasteiger partial charge in [0.1, 0.15) is 6.54 Å². The zero-order valence-corrected chi connectivity index (χ0v) is 18.1. The molecule has 0 spiro atoms. The number of hydrogen-bond donors (Lipinski definition) is 0. The first-order valence-corrected chi connectivity index (χ1v) is 11.7. The molecule has 1 nitrogen and oxygen atoms in total. The quantitative estimate of drug-likeness (QED) is 0.197. The second-order valence-corrected chi connectivity index (χ2v) is 8.34. The Kier molecular flexibility index (Phi) is 13.6. The maximum Gasteiger partial charge on any atom is 0.104 e. The molecule has 0 aliphatic rings. The normalized spacial score (nSPS) is 11.8. The van der Waals surface area contributed by atoms with Crippen LogP contribution in [-0.2, 0) is 6.54 Å². The Balaban J connectivity index is 2.77. The molecule has 0 fully saturated rings. The Labute approximate surface area is 164 Å². The molecule has 0 bridgehead atoms. The molecule has 0 radical (unpaired) electrons. The van der Waals surface area contributed by atoms with E-state index < -0.39 is 0 Å². The van der Waals surface area contributed by atoms with Crippen LogP contribution in [0.2, 0.25) is 0 Å². The second kappa shape index (κ2) is 15.3. The van der Waals surface area contributed by atoms with E-state index in [1.54, 1.807) is 0 Å². The van der Waals surface area contributed by atoms with E-state index in [-0.39, 0.29) is 0 Å².